The Morgan fingerprint density at radius 2 is 2.24 bits per heavy atom. The molecule has 0 aliphatic heterocycles. The quantitative estimate of drug-likeness (QED) is 0.697. The molecule has 1 amide bonds. The first-order valence-electron chi connectivity index (χ1n) is 6.33. The number of rotatable bonds is 6. The van der Waals surface area contributed by atoms with Crippen LogP contribution in [0.3, 0.4) is 0 Å². The highest BCUT2D eigenvalue weighted by Crippen LogP contribution is 2.18. The first kappa shape index (κ1) is 13.7. The molecule has 0 fully saturated rings. The number of unbranched alkanes of at least 4 members (excludes halogenated alkanes) is 1. The molecule has 4 heteroatoms. The minimum absolute atomic E-state index is 0.0523. The van der Waals surface area contributed by atoms with Gasteiger partial charge < -0.3 is 10.4 Å². The Morgan fingerprint density at radius 1 is 1.47 bits per heavy atom. The van der Waals surface area contributed by atoms with Crippen LogP contribution in [0.5, 0.6) is 0 Å². The van der Waals surface area contributed by atoms with Crippen molar-refractivity contribution in [3.8, 4) is 0 Å². The molecule has 2 N–H and O–H groups in total. The third-order valence-corrected chi connectivity index (χ3v) is 3.10. The van der Waals surface area contributed by atoms with Crippen LogP contribution < -0.4 is 5.32 Å². The van der Waals surface area contributed by atoms with Crippen LogP contribution in [-0.4, -0.2) is 23.0 Å². The van der Waals surface area contributed by atoms with Crippen molar-refractivity contribution in [2.75, 3.05) is 0 Å². The molecule has 2 atom stereocenters. The highest BCUT2D eigenvalue weighted by atomic mass is 16.4. The van der Waals surface area contributed by atoms with Crippen molar-refractivity contribution >= 4 is 11.9 Å². The second-order valence-electron chi connectivity index (χ2n) is 4.52. The van der Waals surface area contributed by atoms with Gasteiger partial charge in [0.15, 0.2) is 0 Å². The molecule has 0 saturated carbocycles. The topological polar surface area (TPSA) is 66.4 Å². The number of allylic oxidation sites excluding steroid dienone is 2. The number of carbonyl (C=O) groups excluding carboxylic acids is 1. The van der Waals surface area contributed by atoms with E-state index >= 15 is 0 Å². The highest BCUT2D eigenvalue weighted by molar-refractivity contribution is 5.85. The van der Waals surface area contributed by atoms with Gasteiger partial charge in [0.05, 0.1) is 0 Å². The van der Waals surface area contributed by atoms with E-state index in [0.717, 1.165) is 32.1 Å². The molecule has 0 radical (unpaired) electrons. The van der Waals surface area contributed by atoms with E-state index in [1.54, 1.807) is 0 Å². The van der Waals surface area contributed by atoms with Gasteiger partial charge in [-0.15, -0.1) is 0 Å². The fraction of sp³-hybridized carbons (Fsp3) is 0.692. The standard InChI is InChI=1S/C13H21NO3/c1-2-3-9-11(13(16)17)14-12(15)10-7-5-4-6-8-10/h4-5,10-11H,2-3,6-9H2,1H3,(H,14,15)(H,16,17)/t10?,11-/m0/s1. The van der Waals surface area contributed by atoms with E-state index in [1.165, 1.54) is 0 Å². The van der Waals surface area contributed by atoms with Gasteiger partial charge in [-0.2, -0.15) is 0 Å². The van der Waals surface area contributed by atoms with E-state index in [0.29, 0.717) is 6.42 Å². The average molecular weight is 239 g/mol. The lowest BCUT2D eigenvalue weighted by molar-refractivity contribution is -0.142. The van der Waals surface area contributed by atoms with Crippen molar-refractivity contribution < 1.29 is 14.7 Å². The lowest BCUT2D eigenvalue weighted by Crippen LogP contribution is -2.43. The number of amides is 1. The van der Waals surface area contributed by atoms with Crippen LogP contribution in [0.15, 0.2) is 12.2 Å². The first-order valence-corrected chi connectivity index (χ1v) is 6.33. The summed E-state index contributed by atoms with van der Waals surface area (Å²) in [5.41, 5.74) is 0. The smallest absolute Gasteiger partial charge is 0.326 e. The number of carbonyl (C=O) groups is 2. The summed E-state index contributed by atoms with van der Waals surface area (Å²) in [5.74, 6) is -1.10. The minimum atomic E-state index is -0.932. The summed E-state index contributed by atoms with van der Waals surface area (Å²) < 4.78 is 0. The predicted octanol–water partition coefficient (Wildman–Crippen LogP) is 2.10. The molecule has 1 aliphatic rings. The maximum absolute atomic E-state index is 11.9. The zero-order chi connectivity index (χ0) is 12.7. The molecule has 0 aromatic heterocycles. The van der Waals surface area contributed by atoms with Gasteiger partial charge in [0.2, 0.25) is 5.91 Å². The molecule has 0 aromatic carbocycles. The van der Waals surface area contributed by atoms with E-state index in [4.69, 9.17) is 5.11 Å². The Labute approximate surface area is 102 Å². The summed E-state index contributed by atoms with van der Waals surface area (Å²) in [6.45, 7) is 2.01. The molecule has 0 saturated heterocycles. The van der Waals surface area contributed by atoms with E-state index < -0.39 is 12.0 Å². The number of carboxylic acids is 1. The lowest BCUT2D eigenvalue weighted by atomic mass is 9.93. The third-order valence-electron chi connectivity index (χ3n) is 3.10. The Balaban J connectivity index is 2.45. The fourth-order valence-corrected chi connectivity index (χ4v) is 1.99. The normalized spacial score (nSPS) is 20.9. The number of carboxylic acid groups (broad SMARTS) is 1. The Hall–Kier alpha value is -1.32. The number of hydrogen-bond donors (Lipinski definition) is 2. The monoisotopic (exact) mass is 239 g/mol. The molecule has 0 spiro atoms. The Morgan fingerprint density at radius 3 is 2.76 bits per heavy atom. The summed E-state index contributed by atoms with van der Waals surface area (Å²) in [6, 6.07) is -0.728. The Kier molecular flexibility index (Phi) is 5.73. The molecule has 96 valence electrons. The molecular weight excluding hydrogens is 218 g/mol. The predicted molar refractivity (Wildman–Crippen MR) is 65.6 cm³/mol. The molecule has 4 nitrogen and oxygen atoms in total. The number of nitrogens with one attached hydrogen (secondary N) is 1. The van der Waals surface area contributed by atoms with E-state index in [1.807, 2.05) is 13.0 Å². The maximum atomic E-state index is 11.9. The average Bonchev–Trinajstić information content (AvgIpc) is 2.35. The zero-order valence-electron chi connectivity index (χ0n) is 10.3. The third kappa shape index (κ3) is 4.59. The molecule has 0 bridgehead atoms. The first-order chi connectivity index (χ1) is 8.15. The van der Waals surface area contributed by atoms with Gasteiger partial charge in [-0.25, -0.2) is 4.79 Å². The van der Waals surface area contributed by atoms with Crippen LogP contribution in [0, 0.1) is 5.92 Å². The van der Waals surface area contributed by atoms with Crippen LogP contribution >= 0.6 is 0 Å². The van der Waals surface area contributed by atoms with Crippen molar-refractivity contribution in [2.45, 2.75) is 51.5 Å². The van der Waals surface area contributed by atoms with Crippen molar-refractivity contribution in [3.63, 3.8) is 0 Å². The van der Waals surface area contributed by atoms with E-state index in [2.05, 4.69) is 11.4 Å². The van der Waals surface area contributed by atoms with Crippen molar-refractivity contribution in [1.29, 1.82) is 0 Å². The molecule has 17 heavy (non-hydrogen) atoms. The van der Waals surface area contributed by atoms with E-state index in [-0.39, 0.29) is 11.8 Å². The van der Waals surface area contributed by atoms with Gasteiger partial charge in [0.1, 0.15) is 6.04 Å². The maximum Gasteiger partial charge on any atom is 0.326 e. The van der Waals surface area contributed by atoms with Crippen LogP contribution in [0.2, 0.25) is 0 Å². The number of hydrogen-bond acceptors (Lipinski definition) is 2. The second-order valence-corrected chi connectivity index (χ2v) is 4.52. The number of aliphatic carboxylic acids is 1. The van der Waals surface area contributed by atoms with Crippen LogP contribution in [0.4, 0.5) is 0 Å². The molecular formula is C13H21NO3. The largest absolute Gasteiger partial charge is 0.480 e. The minimum Gasteiger partial charge on any atom is -0.480 e. The molecule has 1 rings (SSSR count). The van der Waals surface area contributed by atoms with Gasteiger partial charge in [-0.3, -0.25) is 4.79 Å². The molecule has 1 aliphatic carbocycles. The summed E-state index contributed by atoms with van der Waals surface area (Å²) >= 11 is 0. The van der Waals surface area contributed by atoms with Gasteiger partial charge in [-0.1, -0.05) is 31.9 Å². The fourth-order valence-electron chi connectivity index (χ4n) is 1.99. The van der Waals surface area contributed by atoms with Gasteiger partial charge in [0.25, 0.3) is 0 Å². The van der Waals surface area contributed by atoms with Crippen molar-refractivity contribution in [2.24, 2.45) is 5.92 Å². The molecule has 1 unspecified atom stereocenters. The highest BCUT2D eigenvalue weighted by Gasteiger charge is 2.24. The van der Waals surface area contributed by atoms with Gasteiger partial charge >= 0.3 is 5.97 Å². The van der Waals surface area contributed by atoms with Crippen LogP contribution in [-0.2, 0) is 9.59 Å². The van der Waals surface area contributed by atoms with Gasteiger partial charge in [0, 0.05) is 5.92 Å². The van der Waals surface area contributed by atoms with Gasteiger partial charge in [-0.05, 0) is 25.7 Å². The molecule has 0 heterocycles. The SMILES string of the molecule is CCCC[C@H](NC(=O)C1CC=CCC1)C(=O)O. The lowest BCUT2D eigenvalue weighted by Gasteiger charge is -2.20. The summed E-state index contributed by atoms with van der Waals surface area (Å²) in [7, 11) is 0. The summed E-state index contributed by atoms with van der Waals surface area (Å²) in [5, 5.41) is 11.7. The van der Waals surface area contributed by atoms with E-state index in [9.17, 15) is 9.59 Å². The van der Waals surface area contributed by atoms with Crippen molar-refractivity contribution in [1.82, 2.24) is 5.32 Å². The van der Waals surface area contributed by atoms with Crippen LogP contribution in [0.25, 0.3) is 0 Å². The van der Waals surface area contributed by atoms with Crippen molar-refractivity contribution in [3.05, 3.63) is 12.2 Å². The summed E-state index contributed by atoms with van der Waals surface area (Å²) in [6.07, 6.45) is 8.79. The summed E-state index contributed by atoms with van der Waals surface area (Å²) in [4.78, 5) is 22.9. The molecule has 0 aromatic rings. The Bertz CT molecular complexity index is 299. The second kappa shape index (κ2) is 7.09. The zero-order valence-corrected chi connectivity index (χ0v) is 10.3. The van der Waals surface area contributed by atoms with Crippen LogP contribution in [0.1, 0.15) is 45.4 Å².